The summed E-state index contributed by atoms with van der Waals surface area (Å²) in [5.41, 5.74) is 0.581. The van der Waals surface area contributed by atoms with Crippen LogP contribution in [-0.4, -0.2) is 73.7 Å². The fourth-order valence-electron chi connectivity index (χ4n) is 2.40. The van der Waals surface area contributed by atoms with Crippen molar-refractivity contribution >= 4 is 17.8 Å². The van der Waals surface area contributed by atoms with Crippen molar-refractivity contribution in [2.24, 2.45) is 0 Å². The highest BCUT2D eigenvalue weighted by molar-refractivity contribution is 5.99. The lowest BCUT2D eigenvalue weighted by Crippen LogP contribution is -2.50. The molecule has 0 atom stereocenters. The number of ether oxygens (including phenoxy) is 1. The zero-order valence-electron chi connectivity index (χ0n) is 13.3. The summed E-state index contributed by atoms with van der Waals surface area (Å²) in [6.45, 7) is 4.12. The quantitative estimate of drug-likeness (QED) is 0.835. The van der Waals surface area contributed by atoms with E-state index in [1.54, 1.807) is 35.1 Å². The van der Waals surface area contributed by atoms with Gasteiger partial charge in [-0.3, -0.25) is 4.79 Å². The molecule has 1 aromatic heterocycles. The Kier molecular flexibility index (Phi) is 5.19. The number of carbonyl (C=O) groups is 2. The van der Waals surface area contributed by atoms with Crippen LogP contribution in [0.3, 0.4) is 0 Å². The first kappa shape index (κ1) is 16.1. The molecule has 2 amide bonds. The summed E-state index contributed by atoms with van der Waals surface area (Å²) < 4.78 is 4.98. The zero-order chi connectivity index (χ0) is 16.1. The third-order valence-electron chi connectivity index (χ3n) is 3.53. The number of nitrogens with zero attached hydrogens (tertiary/aromatic N) is 4. The van der Waals surface area contributed by atoms with E-state index in [2.05, 4.69) is 4.98 Å². The monoisotopic (exact) mass is 306 g/mol. The first-order valence-electron chi connectivity index (χ1n) is 7.38. The molecule has 120 valence electrons. The summed E-state index contributed by atoms with van der Waals surface area (Å²) in [4.78, 5) is 33.8. The number of carbonyl (C=O) groups excluding carboxylic acids is 2. The molecule has 1 saturated heterocycles. The van der Waals surface area contributed by atoms with Crippen LogP contribution >= 0.6 is 0 Å². The maximum absolute atomic E-state index is 12.7. The fraction of sp³-hybridized carbons (Fsp3) is 0.533. The van der Waals surface area contributed by atoms with Gasteiger partial charge >= 0.3 is 6.09 Å². The van der Waals surface area contributed by atoms with Crippen molar-refractivity contribution in [3.8, 4) is 0 Å². The first-order chi connectivity index (χ1) is 10.5. The summed E-state index contributed by atoms with van der Waals surface area (Å²) in [5.74, 6) is 0.598. The lowest BCUT2D eigenvalue weighted by molar-refractivity contribution is 0.0570. The Bertz CT molecular complexity index is 539. The van der Waals surface area contributed by atoms with Crippen molar-refractivity contribution in [2.75, 3.05) is 51.8 Å². The Morgan fingerprint density at radius 2 is 1.86 bits per heavy atom. The largest absolute Gasteiger partial charge is 0.450 e. The molecule has 1 fully saturated rings. The van der Waals surface area contributed by atoms with Crippen molar-refractivity contribution in [1.82, 2.24) is 14.8 Å². The minimum Gasteiger partial charge on any atom is -0.450 e. The minimum absolute atomic E-state index is 0.0553. The van der Waals surface area contributed by atoms with E-state index in [1.165, 1.54) is 0 Å². The van der Waals surface area contributed by atoms with E-state index in [9.17, 15) is 9.59 Å². The van der Waals surface area contributed by atoms with Gasteiger partial charge < -0.3 is 19.4 Å². The Morgan fingerprint density at radius 1 is 1.23 bits per heavy atom. The highest BCUT2D eigenvalue weighted by atomic mass is 16.6. The second-order valence-electron chi connectivity index (χ2n) is 5.25. The molecule has 22 heavy (non-hydrogen) atoms. The molecule has 1 aromatic rings. The van der Waals surface area contributed by atoms with Crippen LogP contribution in [0.4, 0.5) is 10.6 Å². The van der Waals surface area contributed by atoms with Gasteiger partial charge in [-0.2, -0.15) is 0 Å². The van der Waals surface area contributed by atoms with Gasteiger partial charge in [-0.1, -0.05) is 0 Å². The van der Waals surface area contributed by atoms with Gasteiger partial charge in [0.25, 0.3) is 5.91 Å². The molecule has 7 nitrogen and oxygen atoms in total. The van der Waals surface area contributed by atoms with Gasteiger partial charge in [-0.25, -0.2) is 9.78 Å². The number of hydrogen-bond acceptors (Lipinski definition) is 5. The molecule has 0 saturated carbocycles. The molecule has 7 heteroatoms. The molecule has 1 aliphatic rings. The molecule has 2 heterocycles. The Balaban J connectivity index is 2.03. The standard InChI is InChI=1S/C15H22N4O3/c1-4-22-15(21)19-10-8-18(9-11-19)14(20)12-6-5-7-16-13(12)17(2)3/h5-7H,4,8-11H2,1-3H3. The number of aromatic nitrogens is 1. The van der Waals surface area contributed by atoms with Crippen LogP contribution in [0.15, 0.2) is 18.3 Å². The van der Waals surface area contributed by atoms with E-state index < -0.39 is 0 Å². The molecule has 0 N–H and O–H groups in total. The van der Waals surface area contributed by atoms with Gasteiger partial charge in [0.15, 0.2) is 0 Å². The lowest BCUT2D eigenvalue weighted by atomic mass is 10.2. The van der Waals surface area contributed by atoms with Gasteiger partial charge in [0.2, 0.25) is 0 Å². The van der Waals surface area contributed by atoms with Gasteiger partial charge in [0.05, 0.1) is 12.2 Å². The topological polar surface area (TPSA) is 66.0 Å². The normalized spacial score (nSPS) is 14.7. The van der Waals surface area contributed by atoms with E-state index in [1.807, 2.05) is 19.0 Å². The van der Waals surface area contributed by atoms with Crippen molar-refractivity contribution in [2.45, 2.75) is 6.92 Å². The summed E-state index contributed by atoms with van der Waals surface area (Å²) in [7, 11) is 3.72. The molecule has 0 spiro atoms. The van der Waals surface area contributed by atoms with Crippen LogP contribution in [-0.2, 0) is 4.74 Å². The van der Waals surface area contributed by atoms with Gasteiger partial charge in [0.1, 0.15) is 5.82 Å². The van der Waals surface area contributed by atoms with Gasteiger partial charge in [-0.15, -0.1) is 0 Å². The number of hydrogen-bond donors (Lipinski definition) is 0. The molecule has 0 aliphatic carbocycles. The average molecular weight is 306 g/mol. The second-order valence-corrected chi connectivity index (χ2v) is 5.25. The summed E-state index contributed by atoms with van der Waals surface area (Å²) in [5, 5.41) is 0. The van der Waals surface area contributed by atoms with Crippen LogP contribution in [0.5, 0.6) is 0 Å². The van der Waals surface area contributed by atoms with E-state index in [4.69, 9.17) is 4.74 Å². The summed E-state index contributed by atoms with van der Waals surface area (Å²) in [6.07, 6.45) is 1.36. The van der Waals surface area contributed by atoms with Crippen molar-refractivity contribution in [1.29, 1.82) is 0 Å². The van der Waals surface area contributed by atoms with Gasteiger partial charge in [-0.05, 0) is 19.1 Å². The molecule has 0 bridgehead atoms. The second kappa shape index (κ2) is 7.11. The van der Waals surface area contributed by atoms with Crippen LogP contribution in [0.25, 0.3) is 0 Å². The molecule has 0 radical (unpaired) electrons. The van der Waals surface area contributed by atoms with Crippen LogP contribution in [0.2, 0.25) is 0 Å². The average Bonchev–Trinajstić information content (AvgIpc) is 2.54. The zero-order valence-corrected chi connectivity index (χ0v) is 13.3. The van der Waals surface area contributed by atoms with Crippen LogP contribution < -0.4 is 4.90 Å². The smallest absolute Gasteiger partial charge is 0.409 e. The van der Waals surface area contributed by atoms with Crippen molar-refractivity contribution in [3.05, 3.63) is 23.9 Å². The number of pyridine rings is 1. The molecule has 1 aliphatic heterocycles. The first-order valence-corrected chi connectivity index (χ1v) is 7.38. The van der Waals surface area contributed by atoms with E-state index in [0.717, 1.165) is 0 Å². The number of piperazine rings is 1. The maximum Gasteiger partial charge on any atom is 0.409 e. The number of anilines is 1. The minimum atomic E-state index is -0.315. The van der Waals surface area contributed by atoms with Crippen molar-refractivity contribution in [3.63, 3.8) is 0 Å². The highest BCUT2D eigenvalue weighted by Crippen LogP contribution is 2.18. The lowest BCUT2D eigenvalue weighted by Gasteiger charge is -2.34. The predicted octanol–water partition coefficient (Wildman–Crippen LogP) is 1.06. The Hall–Kier alpha value is -2.31. The van der Waals surface area contributed by atoms with Crippen LogP contribution in [0.1, 0.15) is 17.3 Å². The Morgan fingerprint density at radius 3 is 2.45 bits per heavy atom. The third-order valence-corrected chi connectivity index (χ3v) is 3.53. The molecule has 2 rings (SSSR count). The fourth-order valence-corrected chi connectivity index (χ4v) is 2.40. The molecular weight excluding hydrogens is 284 g/mol. The molecule has 0 aromatic carbocycles. The highest BCUT2D eigenvalue weighted by Gasteiger charge is 2.27. The van der Waals surface area contributed by atoms with Crippen LogP contribution in [0, 0.1) is 0 Å². The van der Waals surface area contributed by atoms with E-state index >= 15 is 0 Å². The van der Waals surface area contributed by atoms with E-state index in [-0.39, 0.29) is 12.0 Å². The third kappa shape index (κ3) is 3.47. The summed E-state index contributed by atoms with van der Waals surface area (Å²) in [6, 6.07) is 3.54. The Labute approximate surface area is 130 Å². The van der Waals surface area contributed by atoms with Gasteiger partial charge in [0, 0.05) is 46.5 Å². The molecule has 0 unspecified atom stereocenters. The number of amides is 2. The van der Waals surface area contributed by atoms with Crippen molar-refractivity contribution < 1.29 is 14.3 Å². The number of rotatable bonds is 3. The predicted molar refractivity (Wildman–Crippen MR) is 83.1 cm³/mol. The maximum atomic E-state index is 12.7. The van der Waals surface area contributed by atoms with E-state index in [0.29, 0.717) is 44.2 Å². The summed E-state index contributed by atoms with van der Waals surface area (Å²) >= 11 is 0. The molecular formula is C15H22N4O3. The SMILES string of the molecule is CCOC(=O)N1CCN(C(=O)c2cccnc2N(C)C)CC1.